The molecule has 0 amide bonds. The number of nitrogens with zero attached hydrogens (tertiary/aromatic N) is 3. The molecule has 3 rings (SSSR count). The molecule has 104 valence electrons. The zero-order valence-electron chi connectivity index (χ0n) is 11.4. The van der Waals surface area contributed by atoms with Crippen LogP contribution in [0.5, 0.6) is 0 Å². The molecule has 1 aliphatic carbocycles. The standard InChI is InChI=1S/C15H19N5/c1-2-6-12(5-1)19-14-8-10-17-15(20-14)18-11-13-7-3-4-9-16-13/h3-4,7-10,12H,1-2,5-6,11H2,(H2,17,18,19,20). The Labute approximate surface area is 118 Å². The van der Waals surface area contributed by atoms with Gasteiger partial charge < -0.3 is 10.6 Å². The van der Waals surface area contributed by atoms with E-state index in [0.717, 1.165) is 11.5 Å². The van der Waals surface area contributed by atoms with Gasteiger partial charge in [0, 0.05) is 18.4 Å². The van der Waals surface area contributed by atoms with Crippen LogP contribution in [-0.4, -0.2) is 21.0 Å². The molecule has 0 atom stereocenters. The molecule has 2 aromatic rings. The van der Waals surface area contributed by atoms with Crippen molar-refractivity contribution in [2.24, 2.45) is 0 Å². The first-order valence-electron chi connectivity index (χ1n) is 7.13. The first-order valence-corrected chi connectivity index (χ1v) is 7.13. The molecular formula is C15H19N5. The molecule has 2 N–H and O–H groups in total. The van der Waals surface area contributed by atoms with E-state index in [1.165, 1.54) is 25.7 Å². The third-order valence-electron chi connectivity index (χ3n) is 3.52. The molecule has 2 heterocycles. The molecule has 0 radical (unpaired) electrons. The lowest BCUT2D eigenvalue weighted by atomic mass is 10.2. The van der Waals surface area contributed by atoms with Gasteiger partial charge in [-0.3, -0.25) is 4.98 Å². The van der Waals surface area contributed by atoms with Crippen molar-refractivity contribution >= 4 is 11.8 Å². The molecule has 20 heavy (non-hydrogen) atoms. The Morgan fingerprint density at radius 2 is 1.95 bits per heavy atom. The van der Waals surface area contributed by atoms with E-state index in [0.29, 0.717) is 18.5 Å². The van der Waals surface area contributed by atoms with Crippen molar-refractivity contribution in [1.82, 2.24) is 15.0 Å². The van der Waals surface area contributed by atoms with Crippen molar-refractivity contribution < 1.29 is 0 Å². The van der Waals surface area contributed by atoms with Crippen molar-refractivity contribution in [2.45, 2.75) is 38.3 Å². The fraction of sp³-hybridized carbons (Fsp3) is 0.400. The smallest absolute Gasteiger partial charge is 0.224 e. The second-order valence-electron chi connectivity index (χ2n) is 5.07. The van der Waals surface area contributed by atoms with E-state index in [-0.39, 0.29) is 0 Å². The van der Waals surface area contributed by atoms with Crippen LogP contribution in [0.3, 0.4) is 0 Å². The van der Waals surface area contributed by atoms with Crippen molar-refractivity contribution in [3.63, 3.8) is 0 Å². The maximum absolute atomic E-state index is 4.49. The number of hydrogen-bond donors (Lipinski definition) is 2. The van der Waals surface area contributed by atoms with E-state index in [2.05, 4.69) is 25.6 Å². The van der Waals surface area contributed by atoms with Crippen molar-refractivity contribution in [3.8, 4) is 0 Å². The summed E-state index contributed by atoms with van der Waals surface area (Å²) in [6.07, 6.45) is 8.67. The van der Waals surface area contributed by atoms with Gasteiger partial charge in [-0.05, 0) is 31.0 Å². The van der Waals surface area contributed by atoms with Gasteiger partial charge in [0.1, 0.15) is 5.82 Å². The van der Waals surface area contributed by atoms with Gasteiger partial charge in [0.15, 0.2) is 0 Å². The highest BCUT2D eigenvalue weighted by Gasteiger charge is 2.14. The largest absolute Gasteiger partial charge is 0.367 e. The summed E-state index contributed by atoms with van der Waals surface area (Å²) in [7, 11) is 0. The van der Waals surface area contributed by atoms with Crippen LogP contribution in [0.4, 0.5) is 11.8 Å². The highest BCUT2D eigenvalue weighted by atomic mass is 15.1. The predicted molar refractivity (Wildman–Crippen MR) is 79.5 cm³/mol. The van der Waals surface area contributed by atoms with Crippen LogP contribution in [0.15, 0.2) is 36.7 Å². The maximum atomic E-state index is 4.49. The lowest BCUT2D eigenvalue weighted by molar-refractivity contribution is 0.750. The van der Waals surface area contributed by atoms with E-state index in [1.54, 1.807) is 12.4 Å². The lowest BCUT2D eigenvalue weighted by Crippen LogP contribution is -2.16. The molecule has 5 nitrogen and oxygen atoms in total. The number of pyridine rings is 1. The van der Waals surface area contributed by atoms with Gasteiger partial charge in [0.2, 0.25) is 5.95 Å². The zero-order chi connectivity index (χ0) is 13.6. The Kier molecular flexibility index (Phi) is 4.06. The number of aromatic nitrogens is 3. The van der Waals surface area contributed by atoms with Gasteiger partial charge >= 0.3 is 0 Å². The summed E-state index contributed by atoms with van der Waals surface area (Å²) in [4.78, 5) is 13.0. The Morgan fingerprint density at radius 1 is 1.05 bits per heavy atom. The SMILES string of the molecule is c1ccc(CNc2nccc(NC3CCCC3)n2)nc1. The van der Waals surface area contributed by atoms with Gasteiger partial charge in [-0.25, -0.2) is 4.98 Å². The fourth-order valence-corrected chi connectivity index (χ4v) is 2.48. The summed E-state index contributed by atoms with van der Waals surface area (Å²) in [6.45, 7) is 0.633. The molecule has 1 fully saturated rings. The molecular weight excluding hydrogens is 250 g/mol. The van der Waals surface area contributed by atoms with E-state index in [4.69, 9.17) is 0 Å². The van der Waals surface area contributed by atoms with Crippen LogP contribution in [-0.2, 0) is 6.54 Å². The van der Waals surface area contributed by atoms with Gasteiger partial charge in [0.25, 0.3) is 0 Å². The van der Waals surface area contributed by atoms with E-state index in [9.17, 15) is 0 Å². The molecule has 1 saturated carbocycles. The molecule has 0 bridgehead atoms. The maximum Gasteiger partial charge on any atom is 0.224 e. The summed E-state index contributed by atoms with van der Waals surface area (Å²) < 4.78 is 0. The van der Waals surface area contributed by atoms with Gasteiger partial charge in [-0.2, -0.15) is 4.98 Å². The lowest BCUT2D eigenvalue weighted by Gasteiger charge is -2.13. The highest BCUT2D eigenvalue weighted by molar-refractivity contribution is 5.40. The van der Waals surface area contributed by atoms with Crippen LogP contribution < -0.4 is 10.6 Å². The number of rotatable bonds is 5. The van der Waals surface area contributed by atoms with Gasteiger partial charge in [-0.1, -0.05) is 18.9 Å². The Hall–Kier alpha value is -2.17. The minimum Gasteiger partial charge on any atom is -0.367 e. The molecule has 0 aliphatic heterocycles. The molecule has 0 saturated heterocycles. The average molecular weight is 269 g/mol. The molecule has 0 aromatic carbocycles. The highest BCUT2D eigenvalue weighted by Crippen LogP contribution is 2.21. The summed E-state index contributed by atoms with van der Waals surface area (Å²) in [5.74, 6) is 1.54. The second kappa shape index (κ2) is 6.32. The van der Waals surface area contributed by atoms with Crippen molar-refractivity contribution in [1.29, 1.82) is 0 Å². The van der Waals surface area contributed by atoms with E-state index in [1.807, 2.05) is 24.3 Å². The normalized spacial score (nSPS) is 15.2. The molecule has 2 aromatic heterocycles. The average Bonchev–Trinajstić information content (AvgIpc) is 3.00. The Bertz CT molecular complexity index is 537. The van der Waals surface area contributed by atoms with Crippen molar-refractivity contribution in [2.75, 3.05) is 10.6 Å². The number of anilines is 2. The summed E-state index contributed by atoms with van der Waals surface area (Å²) in [5, 5.41) is 6.67. The number of nitrogens with one attached hydrogen (secondary N) is 2. The van der Waals surface area contributed by atoms with Crippen LogP contribution in [0.1, 0.15) is 31.4 Å². The molecule has 0 unspecified atom stereocenters. The summed E-state index contributed by atoms with van der Waals surface area (Å²) >= 11 is 0. The topological polar surface area (TPSA) is 62.7 Å². The fourth-order valence-electron chi connectivity index (χ4n) is 2.48. The Morgan fingerprint density at radius 3 is 2.75 bits per heavy atom. The zero-order valence-corrected chi connectivity index (χ0v) is 11.4. The minimum atomic E-state index is 0.563. The first-order chi connectivity index (χ1) is 9.90. The third kappa shape index (κ3) is 3.44. The molecule has 5 heteroatoms. The Balaban J connectivity index is 1.59. The van der Waals surface area contributed by atoms with E-state index >= 15 is 0 Å². The number of hydrogen-bond acceptors (Lipinski definition) is 5. The minimum absolute atomic E-state index is 0.563. The molecule has 1 aliphatic rings. The quantitative estimate of drug-likeness (QED) is 0.874. The third-order valence-corrected chi connectivity index (χ3v) is 3.52. The molecule has 0 spiro atoms. The second-order valence-corrected chi connectivity index (χ2v) is 5.07. The monoisotopic (exact) mass is 269 g/mol. The van der Waals surface area contributed by atoms with Crippen molar-refractivity contribution in [3.05, 3.63) is 42.4 Å². The summed E-state index contributed by atoms with van der Waals surface area (Å²) in [5.41, 5.74) is 0.977. The van der Waals surface area contributed by atoms with Crippen LogP contribution >= 0.6 is 0 Å². The van der Waals surface area contributed by atoms with Crippen LogP contribution in [0.25, 0.3) is 0 Å². The van der Waals surface area contributed by atoms with Crippen LogP contribution in [0.2, 0.25) is 0 Å². The first kappa shape index (κ1) is 12.8. The van der Waals surface area contributed by atoms with Gasteiger partial charge in [0.05, 0.1) is 12.2 Å². The van der Waals surface area contributed by atoms with Crippen LogP contribution in [0, 0.1) is 0 Å². The summed E-state index contributed by atoms with van der Waals surface area (Å²) in [6, 6.07) is 8.35. The predicted octanol–water partition coefficient (Wildman–Crippen LogP) is 2.84. The van der Waals surface area contributed by atoms with Gasteiger partial charge in [-0.15, -0.1) is 0 Å². The van der Waals surface area contributed by atoms with E-state index < -0.39 is 0 Å².